The van der Waals surface area contributed by atoms with Crippen LogP contribution in [0.15, 0.2) is 0 Å². The maximum atomic E-state index is 11.0. The monoisotopic (exact) mass is 250 g/mol. The molecule has 0 saturated carbocycles. The van der Waals surface area contributed by atoms with Gasteiger partial charge >= 0.3 is 5.97 Å². The van der Waals surface area contributed by atoms with Gasteiger partial charge in [0.25, 0.3) is 0 Å². The van der Waals surface area contributed by atoms with Crippen molar-refractivity contribution < 1.29 is 9.53 Å². The zero-order valence-electron chi connectivity index (χ0n) is 11.8. The molecule has 2 saturated heterocycles. The zero-order chi connectivity index (χ0) is 12.8. The lowest BCUT2D eigenvalue weighted by Crippen LogP contribution is -2.34. The molecule has 0 N–H and O–H groups in total. The summed E-state index contributed by atoms with van der Waals surface area (Å²) in [5.74, 6) is 2.03. The van der Waals surface area contributed by atoms with Gasteiger partial charge in [-0.15, -0.1) is 0 Å². The smallest absolute Gasteiger partial charge is 0.305 e. The van der Waals surface area contributed by atoms with E-state index in [2.05, 4.69) is 4.74 Å². The van der Waals surface area contributed by atoms with Crippen molar-refractivity contribution in [1.82, 2.24) is 0 Å². The van der Waals surface area contributed by atoms with E-state index in [9.17, 15) is 4.79 Å². The second kappa shape index (κ2) is 7.20. The van der Waals surface area contributed by atoms with Crippen LogP contribution < -0.4 is 0 Å². The molecule has 18 heavy (non-hydrogen) atoms. The predicted octanol–water partition coefficient (Wildman–Crippen LogP) is 4.32. The van der Waals surface area contributed by atoms with Crippen LogP contribution in [-0.4, -0.2) is 19.8 Å². The lowest BCUT2D eigenvalue weighted by Gasteiger charge is -2.40. The number of carbonyl (C=O) groups is 1. The van der Waals surface area contributed by atoms with Crippen molar-refractivity contribution >= 4 is 12.7 Å². The highest BCUT2D eigenvalue weighted by Crippen LogP contribution is 2.48. The molecule has 0 aromatic carbocycles. The molecule has 2 aliphatic heterocycles. The molecule has 0 spiro atoms. The number of esters is 1. The number of unbranched alkanes of at least 4 members (excludes halogenated alkanes) is 2. The molecule has 0 amide bonds. The Bertz CT molecular complexity index is 245. The Kier molecular flexibility index (Phi) is 5.59. The van der Waals surface area contributed by atoms with Crippen LogP contribution in [0.25, 0.3) is 0 Å². The normalized spacial score (nSPS) is 27.1. The second-order valence-electron chi connectivity index (χ2n) is 6.22. The van der Waals surface area contributed by atoms with Gasteiger partial charge in [0.05, 0.1) is 7.11 Å². The Balaban J connectivity index is 1.62. The van der Waals surface area contributed by atoms with Crippen molar-refractivity contribution in [3.8, 4) is 0 Å². The number of hydrogen-bond donors (Lipinski definition) is 0. The highest BCUT2D eigenvalue weighted by atomic mass is 16.5. The fraction of sp³-hybridized carbons (Fsp3) is 0.933. The van der Waals surface area contributed by atoms with Gasteiger partial charge in [-0.1, -0.05) is 69.3 Å². The Morgan fingerprint density at radius 2 is 1.67 bits per heavy atom. The van der Waals surface area contributed by atoms with Crippen LogP contribution in [0.4, 0.5) is 0 Å². The van der Waals surface area contributed by atoms with E-state index >= 15 is 0 Å². The Morgan fingerprint density at radius 3 is 2.22 bits per heavy atom. The third-order valence-electron chi connectivity index (χ3n) is 5.16. The number of methoxy groups -OCH3 is 1. The van der Waals surface area contributed by atoms with E-state index in [-0.39, 0.29) is 5.97 Å². The van der Waals surface area contributed by atoms with E-state index in [0.717, 1.165) is 24.8 Å². The minimum Gasteiger partial charge on any atom is -0.469 e. The highest BCUT2D eigenvalue weighted by molar-refractivity contribution is 6.62. The van der Waals surface area contributed by atoms with Crippen molar-refractivity contribution in [1.29, 1.82) is 0 Å². The number of fused-ring (bicyclic) bond motifs is 2. The van der Waals surface area contributed by atoms with Gasteiger partial charge in [-0.05, 0) is 6.42 Å². The predicted molar refractivity (Wildman–Crippen MR) is 76.2 cm³/mol. The largest absolute Gasteiger partial charge is 0.469 e. The van der Waals surface area contributed by atoms with Gasteiger partial charge in [0, 0.05) is 6.42 Å². The minimum atomic E-state index is -0.0514. The maximum Gasteiger partial charge on any atom is 0.305 e. The molecule has 2 aliphatic rings. The summed E-state index contributed by atoms with van der Waals surface area (Å²) < 4.78 is 4.67. The fourth-order valence-electron chi connectivity index (χ4n) is 4.21. The molecule has 2 rings (SSSR count). The van der Waals surface area contributed by atoms with E-state index in [4.69, 9.17) is 0 Å². The minimum absolute atomic E-state index is 0.0514. The summed E-state index contributed by atoms with van der Waals surface area (Å²) in [6.07, 6.45) is 14.5. The van der Waals surface area contributed by atoms with E-state index in [1.807, 2.05) is 0 Å². The van der Waals surface area contributed by atoms with Crippen LogP contribution in [-0.2, 0) is 9.53 Å². The van der Waals surface area contributed by atoms with Crippen LogP contribution in [0, 0.1) is 0 Å². The summed E-state index contributed by atoms with van der Waals surface area (Å²) in [4.78, 5) is 11.0. The van der Waals surface area contributed by atoms with Crippen LogP contribution >= 0.6 is 0 Å². The molecule has 3 heteroatoms. The quantitative estimate of drug-likeness (QED) is 0.398. The average molecular weight is 250 g/mol. The molecular formula is C15H27BO2. The van der Waals surface area contributed by atoms with Gasteiger partial charge in [-0.2, -0.15) is 0 Å². The first kappa shape index (κ1) is 14.0. The molecule has 2 heterocycles. The lowest BCUT2D eigenvalue weighted by atomic mass is 9.26. The average Bonchev–Trinajstić information content (AvgIpc) is 2.37. The van der Waals surface area contributed by atoms with Gasteiger partial charge in [0.15, 0.2) is 0 Å². The first-order valence-corrected chi connectivity index (χ1v) is 7.88. The van der Waals surface area contributed by atoms with Gasteiger partial charge in [-0.25, -0.2) is 0 Å². The summed E-state index contributed by atoms with van der Waals surface area (Å²) in [7, 11) is 1.48. The standard InChI is InChI=1S/C15H27BO2/c1-18-15(17)11-3-2-4-12-16-13-7-5-8-14(16)10-6-9-13/h13-14H,2-12H2,1H3. The number of rotatable bonds is 6. The van der Waals surface area contributed by atoms with Crippen LogP contribution in [0.2, 0.25) is 18.0 Å². The van der Waals surface area contributed by atoms with E-state index < -0.39 is 0 Å². The molecular weight excluding hydrogens is 223 g/mol. The van der Waals surface area contributed by atoms with Crippen molar-refractivity contribution in [2.24, 2.45) is 0 Å². The second-order valence-corrected chi connectivity index (χ2v) is 6.22. The van der Waals surface area contributed by atoms with Crippen molar-refractivity contribution in [2.45, 2.75) is 82.2 Å². The summed E-state index contributed by atoms with van der Waals surface area (Å²) >= 11 is 0. The SMILES string of the molecule is COC(=O)CCCCCB1C2CCCC1CCC2. The summed E-state index contributed by atoms with van der Waals surface area (Å²) in [5.41, 5.74) is 0. The first-order valence-electron chi connectivity index (χ1n) is 7.88. The summed E-state index contributed by atoms with van der Waals surface area (Å²) in [6, 6.07) is 0. The Labute approximate surface area is 112 Å². The maximum absolute atomic E-state index is 11.0. The molecule has 2 fully saturated rings. The zero-order valence-corrected chi connectivity index (χ0v) is 11.8. The van der Waals surface area contributed by atoms with E-state index in [1.54, 1.807) is 0 Å². The van der Waals surface area contributed by atoms with E-state index in [1.165, 1.54) is 64.8 Å². The third kappa shape index (κ3) is 3.76. The first-order chi connectivity index (χ1) is 8.81. The van der Waals surface area contributed by atoms with Crippen LogP contribution in [0.5, 0.6) is 0 Å². The molecule has 0 aromatic heterocycles. The van der Waals surface area contributed by atoms with Gasteiger partial charge in [0.2, 0.25) is 0 Å². The third-order valence-corrected chi connectivity index (χ3v) is 5.16. The van der Waals surface area contributed by atoms with Gasteiger partial charge < -0.3 is 4.74 Å². The number of hydrogen-bond acceptors (Lipinski definition) is 2. The molecule has 2 nitrogen and oxygen atoms in total. The molecule has 0 aromatic rings. The lowest BCUT2D eigenvalue weighted by molar-refractivity contribution is -0.140. The summed E-state index contributed by atoms with van der Waals surface area (Å²) in [5, 5.41) is 0. The van der Waals surface area contributed by atoms with Crippen molar-refractivity contribution in [3.63, 3.8) is 0 Å². The van der Waals surface area contributed by atoms with Crippen molar-refractivity contribution in [3.05, 3.63) is 0 Å². The molecule has 0 aliphatic carbocycles. The van der Waals surface area contributed by atoms with Gasteiger partial charge in [-0.3, -0.25) is 4.79 Å². The van der Waals surface area contributed by atoms with Crippen LogP contribution in [0.3, 0.4) is 0 Å². The Hall–Kier alpha value is -0.465. The topological polar surface area (TPSA) is 26.3 Å². The number of carbonyl (C=O) groups excluding carboxylic acids is 1. The molecule has 2 bridgehead atoms. The molecule has 0 atom stereocenters. The Morgan fingerprint density at radius 1 is 1.06 bits per heavy atom. The van der Waals surface area contributed by atoms with Crippen LogP contribution in [0.1, 0.15) is 64.2 Å². The molecule has 0 unspecified atom stereocenters. The van der Waals surface area contributed by atoms with Gasteiger partial charge in [0.1, 0.15) is 6.71 Å². The number of ether oxygens (including phenoxy) is 1. The van der Waals surface area contributed by atoms with E-state index in [0.29, 0.717) is 6.42 Å². The fourth-order valence-corrected chi connectivity index (χ4v) is 4.21. The van der Waals surface area contributed by atoms with Crippen molar-refractivity contribution in [2.75, 3.05) is 7.11 Å². The molecule has 102 valence electrons. The molecule has 0 radical (unpaired) electrons. The summed E-state index contributed by atoms with van der Waals surface area (Å²) in [6.45, 7) is 1.02. The highest BCUT2D eigenvalue weighted by Gasteiger charge is 2.37.